The van der Waals surface area contributed by atoms with Crippen molar-refractivity contribution in [1.29, 1.82) is 0 Å². The summed E-state index contributed by atoms with van der Waals surface area (Å²) < 4.78 is 40.9. The minimum atomic E-state index is -4.76. The van der Waals surface area contributed by atoms with E-state index < -0.39 is 17.9 Å². The third kappa shape index (κ3) is 5.63. The van der Waals surface area contributed by atoms with Crippen molar-refractivity contribution in [1.82, 2.24) is 0 Å². The van der Waals surface area contributed by atoms with Gasteiger partial charge in [0.25, 0.3) is 0 Å². The first kappa shape index (κ1) is 17.3. The van der Waals surface area contributed by atoms with Gasteiger partial charge < -0.3 is 15.6 Å². The van der Waals surface area contributed by atoms with E-state index in [4.69, 9.17) is 10.8 Å². The monoisotopic (exact) mass is 305 g/mol. The van der Waals surface area contributed by atoms with Crippen molar-refractivity contribution >= 4 is 5.97 Å². The second kappa shape index (κ2) is 6.34. The van der Waals surface area contributed by atoms with E-state index in [0.29, 0.717) is 5.56 Å². The molecule has 0 aliphatic carbocycles. The maximum atomic E-state index is 12.3. The molecule has 0 saturated carbocycles. The predicted molar refractivity (Wildman–Crippen MR) is 70.8 cm³/mol. The van der Waals surface area contributed by atoms with E-state index >= 15 is 0 Å². The molecule has 118 valence electrons. The molecule has 3 N–H and O–H groups in total. The Labute approximate surface area is 120 Å². The first-order valence-electron chi connectivity index (χ1n) is 6.37. The first-order chi connectivity index (χ1) is 9.51. The van der Waals surface area contributed by atoms with Gasteiger partial charge in [0, 0.05) is 0 Å². The number of benzene rings is 1. The molecule has 2 unspecified atom stereocenters. The van der Waals surface area contributed by atoms with Gasteiger partial charge in [-0.25, -0.2) is 0 Å². The number of nitrogens with two attached hydrogens (primary N) is 1. The van der Waals surface area contributed by atoms with E-state index in [1.165, 1.54) is 25.1 Å². The zero-order valence-electron chi connectivity index (χ0n) is 11.8. The first-order valence-corrected chi connectivity index (χ1v) is 6.37. The Hall–Kier alpha value is -1.76. The standard InChI is InChI=1S/C14H18F3NO3/c1-9(8-13(2,18)12(19)20)7-10-5-3-4-6-11(10)21-14(15,16)17/h3-6,9H,7-8,18H2,1-2H3,(H,19,20). The van der Waals surface area contributed by atoms with Crippen LogP contribution in [0.5, 0.6) is 5.75 Å². The van der Waals surface area contributed by atoms with Crippen LogP contribution in [0.2, 0.25) is 0 Å². The molecule has 0 radical (unpaired) electrons. The van der Waals surface area contributed by atoms with Gasteiger partial charge in [0.1, 0.15) is 11.3 Å². The van der Waals surface area contributed by atoms with Crippen molar-refractivity contribution in [2.45, 2.75) is 38.6 Å². The highest BCUT2D eigenvalue weighted by atomic mass is 19.4. The number of hydrogen-bond acceptors (Lipinski definition) is 3. The average Bonchev–Trinajstić information content (AvgIpc) is 2.28. The van der Waals surface area contributed by atoms with Gasteiger partial charge in [0.15, 0.2) is 0 Å². The van der Waals surface area contributed by atoms with Crippen LogP contribution in [0, 0.1) is 5.92 Å². The lowest BCUT2D eigenvalue weighted by atomic mass is 9.87. The molecule has 0 saturated heterocycles. The molecule has 7 heteroatoms. The van der Waals surface area contributed by atoms with Gasteiger partial charge in [0.2, 0.25) is 0 Å². The fourth-order valence-electron chi connectivity index (χ4n) is 2.16. The number of aliphatic carboxylic acids is 1. The molecule has 1 rings (SSSR count). The van der Waals surface area contributed by atoms with Gasteiger partial charge in [-0.1, -0.05) is 25.1 Å². The van der Waals surface area contributed by atoms with E-state index in [1.54, 1.807) is 13.0 Å². The van der Waals surface area contributed by atoms with E-state index in [0.717, 1.165) is 0 Å². The summed E-state index contributed by atoms with van der Waals surface area (Å²) in [4.78, 5) is 11.0. The fourth-order valence-corrected chi connectivity index (χ4v) is 2.16. The Balaban J connectivity index is 2.81. The topological polar surface area (TPSA) is 72.5 Å². The quantitative estimate of drug-likeness (QED) is 0.847. The highest BCUT2D eigenvalue weighted by molar-refractivity contribution is 5.77. The Morgan fingerprint density at radius 3 is 2.48 bits per heavy atom. The van der Waals surface area contributed by atoms with Crippen LogP contribution in [0.4, 0.5) is 13.2 Å². The highest BCUT2D eigenvalue weighted by Crippen LogP contribution is 2.29. The number of rotatable bonds is 6. The third-order valence-corrected chi connectivity index (χ3v) is 3.03. The Kier molecular flexibility index (Phi) is 5.22. The highest BCUT2D eigenvalue weighted by Gasteiger charge is 2.33. The summed E-state index contributed by atoms with van der Waals surface area (Å²) in [7, 11) is 0. The second-order valence-corrected chi connectivity index (χ2v) is 5.39. The van der Waals surface area contributed by atoms with Gasteiger partial charge in [-0.3, -0.25) is 4.79 Å². The summed E-state index contributed by atoms with van der Waals surface area (Å²) in [5.41, 5.74) is 4.59. The number of alkyl halides is 3. The van der Waals surface area contributed by atoms with Crippen molar-refractivity contribution in [3.63, 3.8) is 0 Å². The van der Waals surface area contributed by atoms with E-state index in [-0.39, 0.29) is 24.5 Å². The van der Waals surface area contributed by atoms with Gasteiger partial charge in [-0.05, 0) is 37.3 Å². The molecular weight excluding hydrogens is 287 g/mol. The van der Waals surface area contributed by atoms with E-state index in [1.807, 2.05) is 0 Å². The minimum Gasteiger partial charge on any atom is -0.480 e. The van der Waals surface area contributed by atoms with Gasteiger partial charge in [0.05, 0.1) is 0 Å². The molecule has 0 amide bonds. The SMILES string of the molecule is CC(Cc1ccccc1OC(F)(F)F)CC(C)(N)C(=O)O. The molecule has 0 heterocycles. The van der Waals surface area contributed by atoms with Crippen molar-refractivity contribution < 1.29 is 27.8 Å². The molecular formula is C14H18F3NO3. The van der Waals surface area contributed by atoms with Crippen molar-refractivity contribution in [2.75, 3.05) is 0 Å². The van der Waals surface area contributed by atoms with Crippen LogP contribution in [-0.4, -0.2) is 23.0 Å². The molecule has 21 heavy (non-hydrogen) atoms. The summed E-state index contributed by atoms with van der Waals surface area (Å²) in [5, 5.41) is 8.97. The molecule has 0 aliphatic heterocycles. The molecule has 4 nitrogen and oxygen atoms in total. The van der Waals surface area contributed by atoms with Gasteiger partial charge in [-0.2, -0.15) is 0 Å². The second-order valence-electron chi connectivity index (χ2n) is 5.39. The molecule has 0 spiro atoms. The maximum absolute atomic E-state index is 12.3. The lowest BCUT2D eigenvalue weighted by molar-refractivity contribution is -0.274. The third-order valence-electron chi connectivity index (χ3n) is 3.03. The lowest BCUT2D eigenvalue weighted by Gasteiger charge is -2.24. The molecule has 0 fully saturated rings. The van der Waals surface area contributed by atoms with Crippen molar-refractivity contribution in [2.24, 2.45) is 11.7 Å². The van der Waals surface area contributed by atoms with Gasteiger partial charge >= 0.3 is 12.3 Å². The Morgan fingerprint density at radius 2 is 1.95 bits per heavy atom. The molecule has 0 bridgehead atoms. The number of carboxylic acids is 1. The number of carbonyl (C=O) groups is 1. The van der Waals surface area contributed by atoms with Crippen LogP contribution >= 0.6 is 0 Å². The molecule has 1 aromatic carbocycles. The maximum Gasteiger partial charge on any atom is 0.573 e. The summed E-state index contributed by atoms with van der Waals surface area (Å²) in [6.07, 6.45) is -4.38. The Morgan fingerprint density at radius 1 is 1.38 bits per heavy atom. The molecule has 0 aromatic heterocycles. The van der Waals surface area contributed by atoms with Crippen LogP contribution in [0.25, 0.3) is 0 Å². The Bertz CT molecular complexity index is 500. The van der Waals surface area contributed by atoms with Crippen LogP contribution < -0.4 is 10.5 Å². The number of para-hydroxylation sites is 1. The molecule has 2 atom stereocenters. The predicted octanol–water partition coefficient (Wildman–Crippen LogP) is 2.96. The lowest BCUT2D eigenvalue weighted by Crippen LogP contribution is -2.46. The van der Waals surface area contributed by atoms with Crippen LogP contribution in [0.3, 0.4) is 0 Å². The molecule has 0 aliphatic rings. The summed E-state index contributed by atoms with van der Waals surface area (Å²) >= 11 is 0. The van der Waals surface area contributed by atoms with Crippen molar-refractivity contribution in [3.05, 3.63) is 29.8 Å². The van der Waals surface area contributed by atoms with Crippen LogP contribution in [-0.2, 0) is 11.2 Å². The number of carboxylic acid groups (broad SMARTS) is 1. The average molecular weight is 305 g/mol. The van der Waals surface area contributed by atoms with Crippen LogP contribution in [0.15, 0.2) is 24.3 Å². The summed E-state index contributed by atoms with van der Waals surface area (Å²) in [6.45, 7) is 3.11. The van der Waals surface area contributed by atoms with Crippen molar-refractivity contribution in [3.8, 4) is 5.75 Å². The normalized spacial score (nSPS) is 16.1. The zero-order valence-corrected chi connectivity index (χ0v) is 11.8. The van der Waals surface area contributed by atoms with E-state index in [2.05, 4.69) is 4.74 Å². The zero-order chi connectivity index (χ0) is 16.3. The van der Waals surface area contributed by atoms with Crippen LogP contribution in [0.1, 0.15) is 25.8 Å². The number of halogens is 3. The number of hydrogen-bond donors (Lipinski definition) is 2. The summed E-state index contributed by atoms with van der Waals surface area (Å²) in [6, 6.07) is 5.80. The molecule has 1 aromatic rings. The minimum absolute atomic E-state index is 0.142. The smallest absolute Gasteiger partial charge is 0.480 e. The number of ether oxygens (including phenoxy) is 1. The van der Waals surface area contributed by atoms with Gasteiger partial charge in [-0.15, -0.1) is 13.2 Å². The summed E-state index contributed by atoms with van der Waals surface area (Å²) in [5.74, 6) is -1.63. The van der Waals surface area contributed by atoms with E-state index in [9.17, 15) is 18.0 Å². The largest absolute Gasteiger partial charge is 0.573 e. The fraction of sp³-hybridized carbons (Fsp3) is 0.500.